The van der Waals surface area contributed by atoms with Gasteiger partial charge in [-0.1, -0.05) is 13.0 Å². The molecule has 110 valence electrons. The average molecular weight is 366 g/mol. The predicted octanol–water partition coefficient (Wildman–Crippen LogP) is 5.05. The van der Waals surface area contributed by atoms with Crippen LogP contribution in [0.3, 0.4) is 0 Å². The van der Waals surface area contributed by atoms with E-state index in [9.17, 15) is 0 Å². The van der Waals surface area contributed by atoms with E-state index >= 15 is 0 Å². The molecule has 2 aliphatic rings. The summed E-state index contributed by atoms with van der Waals surface area (Å²) < 4.78 is 0. The molecule has 0 spiro atoms. The fourth-order valence-electron chi connectivity index (χ4n) is 1.47. The number of rotatable bonds is 2. The molecule has 1 aromatic rings. The Morgan fingerprint density at radius 2 is 1.14 bits per heavy atom. The van der Waals surface area contributed by atoms with E-state index in [1.54, 1.807) is 0 Å². The maximum Gasteiger partial charge on any atom is 2.00 e. The Bertz CT molecular complexity index is 334. The van der Waals surface area contributed by atoms with Crippen molar-refractivity contribution in [2.45, 2.75) is 13.3 Å². The van der Waals surface area contributed by atoms with E-state index < -0.39 is 0 Å². The maximum atomic E-state index is 3.78. The van der Waals surface area contributed by atoms with Crippen molar-refractivity contribution in [2.24, 2.45) is 0 Å². The molecule has 0 aliphatic heterocycles. The molecule has 2 aliphatic carbocycles. The second-order valence-corrected chi connectivity index (χ2v) is 4.45. The molecule has 0 aromatic heterocycles. The van der Waals surface area contributed by atoms with E-state index in [-0.39, 0.29) is 26.2 Å². The van der Waals surface area contributed by atoms with E-state index in [4.69, 9.17) is 0 Å². The fraction of sp³-hybridized carbons (Fsp3) is 0.0952. The van der Waals surface area contributed by atoms with Gasteiger partial charge < -0.3 is 6.92 Å². The van der Waals surface area contributed by atoms with Crippen molar-refractivity contribution in [2.75, 3.05) is 0 Å². The van der Waals surface area contributed by atoms with Gasteiger partial charge in [0.05, 0.1) is 0 Å². The molecule has 0 unspecified atom stereocenters. The largest absolute Gasteiger partial charge is 2.00 e. The molecular weight excluding hydrogens is 343 g/mol. The Morgan fingerprint density at radius 1 is 0.773 bits per heavy atom. The van der Waals surface area contributed by atoms with Gasteiger partial charge in [0.1, 0.15) is 0 Å². The van der Waals surface area contributed by atoms with Gasteiger partial charge in [-0.15, -0.1) is 12.1 Å². The van der Waals surface area contributed by atoms with Gasteiger partial charge in [-0.25, -0.2) is 0 Å². The van der Waals surface area contributed by atoms with Crippen LogP contribution in [0.2, 0.25) is 0 Å². The molecule has 1 aromatic carbocycles. The summed E-state index contributed by atoms with van der Waals surface area (Å²) in [5, 5.41) is 0. The summed E-state index contributed by atoms with van der Waals surface area (Å²) in [6.45, 7) is 5.82. The predicted molar refractivity (Wildman–Crippen MR) is 90.9 cm³/mol. The van der Waals surface area contributed by atoms with Gasteiger partial charge in [0.25, 0.3) is 0 Å². The first-order chi connectivity index (χ1) is 10.3. The van der Waals surface area contributed by atoms with E-state index in [1.165, 1.54) is 5.57 Å². The van der Waals surface area contributed by atoms with Crippen LogP contribution in [0.4, 0.5) is 0 Å². The summed E-state index contributed by atoms with van der Waals surface area (Å²) in [7, 11) is 0. The summed E-state index contributed by atoms with van der Waals surface area (Å²) in [6, 6.07) is 10.1. The number of allylic oxidation sites excluding steroid dienone is 1. The Balaban J connectivity index is 0.000000334. The second-order valence-electron chi connectivity index (χ2n) is 4.45. The summed E-state index contributed by atoms with van der Waals surface area (Å²) >= 11 is 0. The first kappa shape index (κ1) is 21.8. The molecule has 0 amide bonds. The smallest absolute Gasteiger partial charge is 0.340 e. The minimum atomic E-state index is 0. The van der Waals surface area contributed by atoms with E-state index in [0.29, 0.717) is 0 Å². The zero-order valence-corrected chi connectivity index (χ0v) is 15.5. The van der Waals surface area contributed by atoms with E-state index in [1.807, 2.05) is 101 Å². The number of hydrogen-bond donors (Lipinski definition) is 0. The standard InChI is InChI=1S/C11H12.2C5H5.Zr/c1-3-10(2)9-11-7-5-4-6-8-11;2*1-2-4-5-3-1;/h4-8H,1,3H2,2H3;2*1-5H;/q-2;;;+2. The molecule has 0 saturated heterocycles. The molecule has 1 heteroatoms. The van der Waals surface area contributed by atoms with Crippen molar-refractivity contribution in [1.29, 1.82) is 0 Å². The first-order valence-corrected chi connectivity index (χ1v) is 7.10. The molecule has 2 fully saturated rings. The van der Waals surface area contributed by atoms with Crippen LogP contribution in [-0.4, -0.2) is 0 Å². The van der Waals surface area contributed by atoms with Gasteiger partial charge >= 0.3 is 26.2 Å². The van der Waals surface area contributed by atoms with E-state index in [0.717, 1.165) is 12.0 Å². The topological polar surface area (TPSA) is 0 Å². The molecule has 0 atom stereocenters. The second kappa shape index (κ2) is 15.7. The maximum absolute atomic E-state index is 3.78. The van der Waals surface area contributed by atoms with Crippen molar-refractivity contribution in [1.82, 2.24) is 0 Å². The molecule has 0 N–H and O–H groups in total. The van der Waals surface area contributed by atoms with Crippen LogP contribution < -0.4 is 0 Å². The van der Waals surface area contributed by atoms with Crippen LogP contribution in [-0.2, 0) is 26.2 Å². The zero-order valence-electron chi connectivity index (χ0n) is 13.1. The average Bonchev–Trinajstić information content (AvgIpc) is 3.26. The third-order valence-corrected chi connectivity index (χ3v) is 2.62. The summed E-state index contributed by atoms with van der Waals surface area (Å²) in [5.74, 6) is 0. The molecule has 0 nitrogen and oxygen atoms in total. The Hall–Kier alpha value is -0.157. The molecule has 0 bridgehead atoms. The molecule has 10 radical (unpaired) electrons. The molecule has 2 saturated carbocycles. The number of benzene rings is 1. The Morgan fingerprint density at radius 3 is 1.45 bits per heavy atom. The van der Waals surface area contributed by atoms with Gasteiger partial charge in [0.15, 0.2) is 0 Å². The van der Waals surface area contributed by atoms with Gasteiger partial charge in [-0.05, 0) is 64.2 Å². The number of hydrogen-bond acceptors (Lipinski definition) is 0. The van der Waals surface area contributed by atoms with Crippen LogP contribution in [0.25, 0.3) is 0 Å². The Labute approximate surface area is 157 Å². The van der Waals surface area contributed by atoms with Crippen molar-refractivity contribution >= 4 is 0 Å². The van der Waals surface area contributed by atoms with E-state index in [2.05, 4.69) is 13.0 Å². The van der Waals surface area contributed by atoms with Crippen LogP contribution in [0, 0.1) is 77.2 Å². The SMILES string of the molecule is [CH2-]CC(C)=[C-]c1ccccc1.[CH]1[CH][CH][CH][CH]1.[CH]1[CH][CH][CH][CH]1.[Zr+2]. The zero-order chi connectivity index (χ0) is 15.2. The summed E-state index contributed by atoms with van der Waals surface area (Å²) in [4.78, 5) is 0. The quantitative estimate of drug-likeness (QED) is 0.644. The molecule has 3 rings (SSSR count). The molecule has 22 heavy (non-hydrogen) atoms. The third-order valence-electron chi connectivity index (χ3n) is 2.62. The minimum absolute atomic E-state index is 0. The summed E-state index contributed by atoms with van der Waals surface area (Å²) in [6.07, 6.45) is 24.1. The van der Waals surface area contributed by atoms with Crippen molar-refractivity contribution < 1.29 is 26.2 Å². The van der Waals surface area contributed by atoms with Gasteiger partial charge in [-0.3, -0.25) is 0 Å². The van der Waals surface area contributed by atoms with Crippen LogP contribution >= 0.6 is 0 Å². The monoisotopic (exact) mass is 364 g/mol. The first-order valence-electron chi connectivity index (χ1n) is 7.10. The van der Waals surface area contributed by atoms with Crippen molar-refractivity contribution in [3.63, 3.8) is 0 Å². The van der Waals surface area contributed by atoms with Crippen molar-refractivity contribution in [3.8, 4) is 0 Å². The van der Waals surface area contributed by atoms with Crippen LogP contribution in [0.15, 0.2) is 35.9 Å². The molecule has 0 heterocycles. The van der Waals surface area contributed by atoms with Crippen LogP contribution in [0.5, 0.6) is 0 Å². The Kier molecular flexibility index (Phi) is 15.6. The van der Waals surface area contributed by atoms with Gasteiger partial charge in [0, 0.05) is 0 Å². The third kappa shape index (κ3) is 12.4. The minimum Gasteiger partial charge on any atom is -0.340 e. The van der Waals surface area contributed by atoms with Gasteiger partial charge in [0.2, 0.25) is 0 Å². The van der Waals surface area contributed by atoms with Gasteiger partial charge in [-0.2, -0.15) is 35.8 Å². The summed E-state index contributed by atoms with van der Waals surface area (Å²) in [5.41, 5.74) is 2.32. The fourth-order valence-corrected chi connectivity index (χ4v) is 1.47. The normalized spacial score (nSPS) is 16.7. The van der Waals surface area contributed by atoms with Crippen LogP contribution in [0.1, 0.15) is 18.9 Å². The van der Waals surface area contributed by atoms with Crippen molar-refractivity contribution in [3.05, 3.63) is 119 Å². The molecular formula is C21H22Zr.